The van der Waals surface area contributed by atoms with Crippen LogP contribution in [0.3, 0.4) is 0 Å². The normalized spacial score (nSPS) is 18.8. The molecule has 0 radical (unpaired) electrons. The third kappa shape index (κ3) is 3.53. The minimum absolute atomic E-state index is 0.189. The van der Waals surface area contributed by atoms with Gasteiger partial charge in [-0.2, -0.15) is 0 Å². The van der Waals surface area contributed by atoms with Gasteiger partial charge in [-0.05, 0) is 17.5 Å². The van der Waals surface area contributed by atoms with Gasteiger partial charge in [0.1, 0.15) is 0 Å². The fraction of sp³-hybridized carbons (Fsp3) is 0.571. The monoisotopic (exact) mass is 249 g/mol. The number of benzene rings is 1. The van der Waals surface area contributed by atoms with Crippen LogP contribution < -0.4 is 11.2 Å². The number of nitrogens with one attached hydrogen (secondary N) is 1. The molecule has 1 aliphatic heterocycles. The van der Waals surface area contributed by atoms with E-state index in [1.165, 1.54) is 11.1 Å². The van der Waals surface area contributed by atoms with Gasteiger partial charge in [-0.15, -0.1) is 0 Å². The van der Waals surface area contributed by atoms with E-state index in [4.69, 9.17) is 10.5 Å². The zero-order chi connectivity index (χ0) is 12.8. The number of hydrogen-bond acceptors (Lipinski definition) is 4. The fourth-order valence-electron chi connectivity index (χ4n) is 2.16. The Kier molecular flexibility index (Phi) is 5.13. The molecule has 1 fully saturated rings. The van der Waals surface area contributed by atoms with Gasteiger partial charge in [0.15, 0.2) is 0 Å². The molecule has 1 atom stereocenters. The summed E-state index contributed by atoms with van der Waals surface area (Å²) in [5.74, 6) is 0. The average molecular weight is 249 g/mol. The van der Waals surface area contributed by atoms with Crippen molar-refractivity contribution in [3.63, 3.8) is 0 Å². The number of hydrazine groups is 1. The summed E-state index contributed by atoms with van der Waals surface area (Å²) in [6.45, 7) is 6.19. The summed E-state index contributed by atoms with van der Waals surface area (Å²) in [5, 5.41) is 2.20. The molecule has 1 unspecified atom stereocenters. The van der Waals surface area contributed by atoms with E-state index in [-0.39, 0.29) is 6.04 Å². The molecule has 2 rings (SSSR count). The molecule has 0 spiro atoms. The minimum atomic E-state index is 0.189. The van der Waals surface area contributed by atoms with Crippen LogP contribution in [-0.2, 0) is 11.2 Å². The van der Waals surface area contributed by atoms with Crippen LogP contribution in [0.15, 0.2) is 24.3 Å². The van der Waals surface area contributed by atoms with Crippen molar-refractivity contribution in [1.29, 1.82) is 0 Å². The highest BCUT2D eigenvalue weighted by molar-refractivity contribution is 5.25. The third-order valence-electron chi connectivity index (χ3n) is 3.38. The number of morpholine rings is 1. The number of nitrogens with two attached hydrogens (primary N) is 1. The summed E-state index contributed by atoms with van der Waals surface area (Å²) >= 11 is 0. The molecule has 1 heterocycles. The summed E-state index contributed by atoms with van der Waals surface area (Å²) < 4.78 is 5.34. The van der Waals surface area contributed by atoms with Gasteiger partial charge in [0, 0.05) is 19.6 Å². The number of ether oxygens (including phenoxy) is 1. The minimum Gasteiger partial charge on any atom is -0.379 e. The molecular formula is C14H23N3O. The van der Waals surface area contributed by atoms with Gasteiger partial charge in [0.25, 0.3) is 0 Å². The molecule has 1 aromatic rings. The van der Waals surface area contributed by atoms with E-state index in [2.05, 4.69) is 41.6 Å². The van der Waals surface area contributed by atoms with Gasteiger partial charge < -0.3 is 10.5 Å². The van der Waals surface area contributed by atoms with Gasteiger partial charge in [-0.3, -0.25) is 0 Å². The summed E-state index contributed by atoms with van der Waals surface area (Å²) in [6, 6.07) is 8.89. The van der Waals surface area contributed by atoms with E-state index < -0.39 is 0 Å². The van der Waals surface area contributed by atoms with E-state index in [0.717, 1.165) is 32.7 Å². The summed E-state index contributed by atoms with van der Waals surface area (Å²) in [6.07, 6.45) is 1.07. The van der Waals surface area contributed by atoms with Crippen molar-refractivity contribution in [2.75, 3.05) is 32.8 Å². The molecule has 18 heavy (non-hydrogen) atoms. The number of rotatable bonds is 5. The van der Waals surface area contributed by atoms with Crippen LogP contribution in [0, 0.1) is 0 Å². The van der Waals surface area contributed by atoms with E-state index in [9.17, 15) is 0 Å². The predicted molar refractivity (Wildman–Crippen MR) is 73.1 cm³/mol. The molecule has 1 saturated heterocycles. The van der Waals surface area contributed by atoms with Crippen molar-refractivity contribution < 1.29 is 4.74 Å². The van der Waals surface area contributed by atoms with Gasteiger partial charge in [-0.25, -0.2) is 10.4 Å². The maximum Gasteiger partial charge on any atom is 0.0608 e. The fourth-order valence-corrected chi connectivity index (χ4v) is 2.16. The van der Waals surface area contributed by atoms with Crippen molar-refractivity contribution in [3.05, 3.63) is 35.4 Å². The van der Waals surface area contributed by atoms with Crippen molar-refractivity contribution in [3.8, 4) is 0 Å². The third-order valence-corrected chi connectivity index (χ3v) is 3.38. The smallest absolute Gasteiger partial charge is 0.0608 e. The molecule has 1 aromatic carbocycles. The Morgan fingerprint density at radius 1 is 1.28 bits per heavy atom. The van der Waals surface area contributed by atoms with Crippen molar-refractivity contribution in [2.24, 2.45) is 5.73 Å². The molecule has 100 valence electrons. The second-order valence-electron chi connectivity index (χ2n) is 4.61. The molecule has 0 bridgehead atoms. The summed E-state index contributed by atoms with van der Waals surface area (Å²) in [4.78, 5) is 0. The molecule has 1 aliphatic rings. The molecular weight excluding hydrogens is 226 g/mol. The van der Waals surface area contributed by atoms with Gasteiger partial charge in [0.2, 0.25) is 0 Å². The lowest BCUT2D eigenvalue weighted by atomic mass is 10.0. The largest absolute Gasteiger partial charge is 0.379 e. The highest BCUT2D eigenvalue weighted by Crippen LogP contribution is 2.14. The Morgan fingerprint density at radius 3 is 2.50 bits per heavy atom. The Hall–Kier alpha value is -0.940. The Balaban J connectivity index is 1.97. The van der Waals surface area contributed by atoms with Gasteiger partial charge in [-0.1, -0.05) is 31.2 Å². The first-order valence-electron chi connectivity index (χ1n) is 6.71. The maximum atomic E-state index is 5.87. The molecule has 0 amide bonds. The van der Waals surface area contributed by atoms with Gasteiger partial charge in [0.05, 0.1) is 19.3 Å². The average Bonchev–Trinajstić information content (AvgIpc) is 2.46. The standard InChI is InChI=1S/C14H23N3O/c1-2-12-3-5-13(6-4-12)14(11-15)16-17-7-9-18-10-8-17/h3-6,14,16H,2,7-11,15H2,1H3. The van der Waals surface area contributed by atoms with Crippen LogP contribution in [-0.4, -0.2) is 37.9 Å². The van der Waals surface area contributed by atoms with Crippen molar-refractivity contribution >= 4 is 0 Å². The lowest BCUT2D eigenvalue weighted by Gasteiger charge is -2.31. The van der Waals surface area contributed by atoms with E-state index in [1.807, 2.05) is 0 Å². The van der Waals surface area contributed by atoms with Crippen LogP contribution in [0.25, 0.3) is 0 Å². The molecule has 0 saturated carbocycles. The number of aryl methyl sites for hydroxylation is 1. The molecule has 3 N–H and O–H groups in total. The number of nitrogens with zero attached hydrogens (tertiary/aromatic N) is 1. The Bertz CT molecular complexity index is 347. The van der Waals surface area contributed by atoms with Gasteiger partial charge >= 0.3 is 0 Å². The van der Waals surface area contributed by atoms with E-state index in [1.54, 1.807) is 0 Å². The topological polar surface area (TPSA) is 50.5 Å². The first-order valence-corrected chi connectivity index (χ1v) is 6.71. The molecule has 4 nitrogen and oxygen atoms in total. The van der Waals surface area contributed by atoms with Crippen LogP contribution in [0.4, 0.5) is 0 Å². The Morgan fingerprint density at radius 2 is 1.94 bits per heavy atom. The first kappa shape index (κ1) is 13.5. The van der Waals surface area contributed by atoms with Crippen LogP contribution in [0.2, 0.25) is 0 Å². The SMILES string of the molecule is CCc1ccc(C(CN)NN2CCOCC2)cc1. The second kappa shape index (κ2) is 6.85. The highest BCUT2D eigenvalue weighted by atomic mass is 16.5. The Labute approximate surface area is 109 Å². The van der Waals surface area contributed by atoms with Crippen molar-refractivity contribution in [1.82, 2.24) is 10.4 Å². The zero-order valence-corrected chi connectivity index (χ0v) is 11.1. The van der Waals surface area contributed by atoms with Crippen LogP contribution in [0.1, 0.15) is 24.1 Å². The molecule has 0 aromatic heterocycles. The van der Waals surface area contributed by atoms with E-state index >= 15 is 0 Å². The lowest BCUT2D eigenvalue weighted by molar-refractivity contribution is 0.00405. The number of hydrogen-bond donors (Lipinski definition) is 2. The predicted octanol–water partition coefficient (Wildman–Crippen LogP) is 1.09. The van der Waals surface area contributed by atoms with Crippen LogP contribution >= 0.6 is 0 Å². The van der Waals surface area contributed by atoms with Crippen LogP contribution in [0.5, 0.6) is 0 Å². The second-order valence-corrected chi connectivity index (χ2v) is 4.61. The quantitative estimate of drug-likeness (QED) is 0.820. The van der Waals surface area contributed by atoms with Crippen molar-refractivity contribution in [2.45, 2.75) is 19.4 Å². The van der Waals surface area contributed by atoms with E-state index in [0.29, 0.717) is 6.54 Å². The summed E-state index contributed by atoms with van der Waals surface area (Å²) in [5.41, 5.74) is 12.0. The maximum absolute atomic E-state index is 5.87. The first-order chi connectivity index (χ1) is 8.83. The summed E-state index contributed by atoms with van der Waals surface area (Å²) in [7, 11) is 0. The molecule has 4 heteroatoms. The molecule has 0 aliphatic carbocycles. The lowest BCUT2D eigenvalue weighted by Crippen LogP contribution is -2.48. The zero-order valence-electron chi connectivity index (χ0n) is 11.1. The highest BCUT2D eigenvalue weighted by Gasteiger charge is 2.16.